The topological polar surface area (TPSA) is 38.8 Å². The Bertz CT molecular complexity index is 572. The van der Waals surface area contributed by atoms with Crippen molar-refractivity contribution >= 4 is 29.3 Å². The minimum absolute atomic E-state index is 0.149. The average molecular weight is 374 g/mol. The summed E-state index contributed by atoms with van der Waals surface area (Å²) in [5.74, 6) is 0.684. The number of hydrogen-bond donors (Lipinski definition) is 0. The summed E-state index contributed by atoms with van der Waals surface area (Å²) in [5.41, 5.74) is -0.477. The maximum Gasteiger partial charge on any atom is 0.410 e. The lowest BCUT2D eigenvalue weighted by molar-refractivity contribution is 0.00744. The van der Waals surface area contributed by atoms with Gasteiger partial charge >= 0.3 is 6.09 Å². The lowest BCUT2D eigenvalue weighted by atomic mass is 10.0. The molecule has 0 spiro atoms. The number of amides is 1. The van der Waals surface area contributed by atoms with Crippen LogP contribution < -0.4 is 4.74 Å². The Balaban J connectivity index is 1.88. The van der Waals surface area contributed by atoms with Crippen molar-refractivity contribution in [3.8, 4) is 5.75 Å². The summed E-state index contributed by atoms with van der Waals surface area (Å²) in [6, 6.07) is 5.36. The van der Waals surface area contributed by atoms with Gasteiger partial charge in [-0.05, 0) is 52.2 Å². The molecule has 0 aliphatic carbocycles. The minimum Gasteiger partial charge on any atom is -0.493 e. The van der Waals surface area contributed by atoms with Gasteiger partial charge in [0.1, 0.15) is 11.4 Å². The van der Waals surface area contributed by atoms with E-state index in [1.807, 2.05) is 25.7 Å². The van der Waals surface area contributed by atoms with E-state index in [2.05, 4.69) is 0 Å². The van der Waals surface area contributed by atoms with Gasteiger partial charge < -0.3 is 14.4 Å². The first-order valence-corrected chi connectivity index (χ1v) is 9.09. The Kier molecular flexibility index (Phi) is 6.64. The van der Waals surface area contributed by atoms with E-state index < -0.39 is 5.60 Å². The number of ether oxygens (including phenoxy) is 2. The molecule has 2 rings (SSSR count). The molecule has 1 unspecified atom stereocenters. The van der Waals surface area contributed by atoms with Crippen LogP contribution in [-0.2, 0) is 4.74 Å². The molecule has 0 saturated carbocycles. The van der Waals surface area contributed by atoms with E-state index in [9.17, 15) is 4.79 Å². The molecule has 1 atom stereocenters. The molecule has 134 valence electrons. The second kappa shape index (κ2) is 8.30. The van der Waals surface area contributed by atoms with Gasteiger partial charge in [-0.3, -0.25) is 0 Å². The smallest absolute Gasteiger partial charge is 0.410 e. The molecule has 6 heteroatoms. The number of carbonyl (C=O) groups is 1. The molecule has 4 nitrogen and oxygen atoms in total. The third-order valence-corrected chi connectivity index (χ3v) is 4.61. The van der Waals surface area contributed by atoms with Crippen LogP contribution in [0.15, 0.2) is 18.2 Å². The fraction of sp³-hybridized carbons (Fsp3) is 0.611. The van der Waals surface area contributed by atoms with Gasteiger partial charge in [0.15, 0.2) is 0 Å². The number of carbonyl (C=O) groups excluding carboxylic acids is 1. The van der Waals surface area contributed by atoms with Crippen molar-refractivity contribution in [3.63, 3.8) is 0 Å². The summed E-state index contributed by atoms with van der Waals surface area (Å²) >= 11 is 11.9. The van der Waals surface area contributed by atoms with Crippen LogP contribution in [-0.4, -0.2) is 35.8 Å². The van der Waals surface area contributed by atoms with Gasteiger partial charge in [-0.25, -0.2) is 4.79 Å². The first-order chi connectivity index (χ1) is 11.3. The normalized spacial score (nSPS) is 18.4. The lowest BCUT2D eigenvalue weighted by Crippen LogP contribution is -2.46. The molecular formula is C18H25Cl2NO3. The van der Waals surface area contributed by atoms with Gasteiger partial charge in [0.05, 0.1) is 16.7 Å². The summed E-state index contributed by atoms with van der Waals surface area (Å²) in [5, 5.41) is 0.981. The first kappa shape index (κ1) is 19.2. The Hall–Kier alpha value is -1.13. The molecular weight excluding hydrogens is 349 g/mol. The fourth-order valence-corrected chi connectivity index (χ4v) is 3.03. The number of likely N-dealkylation sites (tertiary alicyclic amines) is 1. The lowest BCUT2D eigenvalue weighted by Gasteiger charge is -2.36. The van der Waals surface area contributed by atoms with E-state index in [0.29, 0.717) is 22.4 Å². The molecule has 1 aliphatic heterocycles. The Morgan fingerprint density at radius 3 is 2.67 bits per heavy atom. The average Bonchev–Trinajstić information content (AvgIpc) is 2.49. The molecule has 1 heterocycles. The molecule has 0 radical (unpaired) electrons. The second-order valence-electron chi connectivity index (χ2n) is 7.04. The summed E-state index contributed by atoms with van der Waals surface area (Å²) < 4.78 is 11.3. The maximum atomic E-state index is 12.4. The van der Waals surface area contributed by atoms with Crippen molar-refractivity contribution in [1.82, 2.24) is 4.90 Å². The Morgan fingerprint density at radius 1 is 1.25 bits per heavy atom. The number of rotatable bonds is 4. The molecule has 0 bridgehead atoms. The second-order valence-corrected chi connectivity index (χ2v) is 7.85. The fourth-order valence-electron chi connectivity index (χ4n) is 2.74. The molecule has 1 fully saturated rings. The molecule has 1 aromatic carbocycles. The third-order valence-electron chi connectivity index (χ3n) is 3.87. The summed E-state index contributed by atoms with van der Waals surface area (Å²) in [6.07, 6.45) is 3.64. The monoisotopic (exact) mass is 373 g/mol. The largest absolute Gasteiger partial charge is 0.493 e. The van der Waals surface area contributed by atoms with Gasteiger partial charge in [-0.15, -0.1) is 0 Å². The molecule has 1 aliphatic rings. The van der Waals surface area contributed by atoms with Crippen molar-refractivity contribution in [3.05, 3.63) is 28.2 Å². The van der Waals surface area contributed by atoms with Crippen LogP contribution in [0.4, 0.5) is 4.79 Å². The van der Waals surface area contributed by atoms with Crippen molar-refractivity contribution < 1.29 is 14.3 Å². The van der Waals surface area contributed by atoms with Gasteiger partial charge in [0, 0.05) is 25.1 Å². The molecule has 24 heavy (non-hydrogen) atoms. The Labute approximate surface area is 154 Å². The SMILES string of the molecule is CC(C)(C)OC(=O)N1CCCCC1CCOc1ccc(Cl)c(Cl)c1. The molecule has 1 saturated heterocycles. The number of piperidine rings is 1. The van der Waals surface area contributed by atoms with Crippen LogP contribution in [0.1, 0.15) is 46.5 Å². The third kappa shape index (κ3) is 5.75. The summed E-state index contributed by atoms with van der Waals surface area (Å²) in [4.78, 5) is 14.2. The number of halogens is 2. The Morgan fingerprint density at radius 2 is 2.00 bits per heavy atom. The standard InChI is InChI=1S/C18H25Cl2NO3/c1-18(2,3)24-17(22)21-10-5-4-6-13(21)9-11-23-14-7-8-15(19)16(20)12-14/h7-8,12-13H,4-6,9-11H2,1-3H3. The quantitative estimate of drug-likeness (QED) is 0.693. The zero-order chi connectivity index (χ0) is 17.7. The van der Waals surface area contributed by atoms with E-state index in [1.54, 1.807) is 18.2 Å². The van der Waals surface area contributed by atoms with Crippen LogP contribution in [0.5, 0.6) is 5.75 Å². The van der Waals surface area contributed by atoms with Crippen molar-refractivity contribution in [2.45, 2.75) is 58.1 Å². The van der Waals surface area contributed by atoms with Crippen LogP contribution in [0, 0.1) is 0 Å². The first-order valence-electron chi connectivity index (χ1n) is 8.34. The van der Waals surface area contributed by atoms with E-state index in [-0.39, 0.29) is 12.1 Å². The number of nitrogens with zero attached hydrogens (tertiary/aromatic N) is 1. The van der Waals surface area contributed by atoms with E-state index in [1.165, 1.54) is 0 Å². The van der Waals surface area contributed by atoms with Crippen LogP contribution in [0.25, 0.3) is 0 Å². The molecule has 0 aromatic heterocycles. The van der Waals surface area contributed by atoms with E-state index >= 15 is 0 Å². The van der Waals surface area contributed by atoms with Crippen LogP contribution >= 0.6 is 23.2 Å². The van der Waals surface area contributed by atoms with E-state index in [4.69, 9.17) is 32.7 Å². The van der Waals surface area contributed by atoms with Gasteiger partial charge in [0.2, 0.25) is 0 Å². The van der Waals surface area contributed by atoms with Crippen molar-refractivity contribution in [2.24, 2.45) is 0 Å². The number of hydrogen-bond acceptors (Lipinski definition) is 3. The highest BCUT2D eigenvalue weighted by Gasteiger charge is 2.30. The predicted molar refractivity (Wildman–Crippen MR) is 97.2 cm³/mol. The highest BCUT2D eigenvalue weighted by Crippen LogP contribution is 2.27. The van der Waals surface area contributed by atoms with Crippen molar-refractivity contribution in [1.29, 1.82) is 0 Å². The predicted octanol–water partition coefficient (Wildman–Crippen LogP) is 5.55. The zero-order valence-electron chi connectivity index (χ0n) is 14.5. The maximum absolute atomic E-state index is 12.4. The zero-order valence-corrected chi connectivity index (χ0v) is 16.0. The molecule has 0 N–H and O–H groups in total. The highest BCUT2D eigenvalue weighted by atomic mass is 35.5. The van der Waals surface area contributed by atoms with Gasteiger partial charge in [-0.2, -0.15) is 0 Å². The van der Waals surface area contributed by atoms with Crippen LogP contribution in [0.3, 0.4) is 0 Å². The molecule has 1 aromatic rings. The minimum atomic E-state index is -0.477. The molecule has 1 amide bonds. The van der Waals surface area contributed by atoms with Crippen LogP contribution in [0.2, 0.25) is 10.0 Å². The van der Waals surface area contributed by atoms with Gasteiger partial charge in [-0.1, -0.05) is 23.2 Å². The number of benzene rings is 1. The van der Waals surface area contributed by atoms with E-state index in [0.717, 1.165) is 32.2 Å². The summed E-state index contributed by atoms with van der Waals surface area (Å²) in [6.45, 7) is 6.92. The highest BCUT2D eigenvalue weighted by molar-refractivity contribution is 6.42. The van der Waals surface area contributed by atoms with Crippen molar-refractivity contribution in [2.75, 3.05) is 13.2 Å². The van der Waals surface area contributed by atoms with Gasteiger partial charge in [0.25, 0.3) is 0 Å². The summed E-state index contributed by atoms with van der Waals surface area (Å²) in [7, 11) is 0.